The number of carbonyl (C=O) groups excluding carboxylic acids is 2. The zero-order valence-electron chi connectivity index (χ0n) is 14.7. The van der Waals surface area contributed by atoms with E-state index in [1.807, 2.05) is 52.0 Å². The first-order chi connectivity index (χ1) is 11.3. The highest BCUT2D eigenvalue weighted by Crippen LogP contribution is 2.12. The largest absolute Gasteiger partial charge is 0.445 e. The van der Waals surface area contributed by atoms with Crippen LogP contribution in [0.15, 0.2) is 18.2 Å². The molecule has 1 rings (SSSR count). The predicted molar refractivity (Wildman–Crippen MR) is 91.1 cm³/mol. The molecule has 0 saturated carbocycles. The SMILES string of the molecule is Cc1ccc(C)c(COC(=O)N[C@@H](CC(C)C)C(=O)NCC#N)c1. The third kappa shape index (κ3) is 6.69. The number of hydrogen-bond acceptors (Lipinski definition) is 4. The fraction of sp³-hybridized carbons (Fsp3) is 0.500. The molecule has 1 atom stereocenters. The Kier molecular flexibility index (Phi) is 7.76. The molecule has 0 aromatic heterocycles. The Morgan fingerprint density at radius 2 is 2.00 bits per heavy atom. The zero-order valence-corrected chi connectivity index (χ0v) is 14.7. The van der Waals surface area contributed by atoms with Crippen molar-refractivity contribution in [2.24, 2.45) is 5.92 Å². The zero-order chi connectivity index (χ0) is 18.1. The van der Waals surface area contributed by atoms with Gasteiger partial charge in [-0.1, -0.05) is 37.6 Å². The van der Waals surface area contributed by atoms with Crippen LogP contribution in [0.25, 0.3) is 0 Å². The lowest BCUT2D eigenvalue weighted by Gasteiger charge is -2.19. The van der Waals surface area contributed by atoms with Gasteiger partial charge in [0.25, 0.3) is 0 Å². The quantitative estimate of drug-likeness (QED) is 0.751. The molecule has 0 saturated heterocycles. The maximum Gasteiger partial charge on any atom is 0.408 e. The average molecular weight is 331 g/mol. The Morgan fingerprint density at radius 3 is 2.62 bits per heavy atom. The Labute approximate surface area is 143 Å². The van der Waals surface area contributed by atoms with Gasteiger partial charge in [-0.15, -0.1) is 0 Å². The van der Waals surface area contributed by atoms with Gasteiger partial charge < -0.3 is 15.4 Å². The Balaban J connectivity index is 2.62. The second kappa shape index (κ2) is 9.56. The van der Waals surface area contributed by atoms with Crippen LogP contribution in [-0.4, -0.2) is 24.6 Å². The minimum atomic E-state index is -0.718. The summed E-state index contributed by atoms with van der Waals surface area (Å²) in [5, 5.41) is 13.6. The number of nitriles is 1. The van der Waals surface area contributed by atoms with Gasteiger partial charge in [-0.3, -0.25) is 4.79 Å². The minimum absolute atomic E-state index is 0.0906. The first-order valence-corrected chi connectivity index (χ1v) is 7.97. The van der Waals surface area contributed by atoms with Crippen LogP contribution in [0.2, 0.25) is 0 Å². The van der Waals surface area contributed by atoms with Gasteiger partial charge in [-0.05, 0) is 37.3 Å². The van der Waals surface area contributed by atoms with Crippen LogP contribution in [0.3, 0.4) is 0 Å². The Bertz CT molecular complexity index is 620. The fourth-order valence-corrected chi connectivity index (χ4v) is 2.24. The van der Waals surface area contributed by atoms with Crippen molar-refractivity contribution in [3.8, 4) is 6.07 Å². The highest BCUT2D eigenvalue weighted by molar-refractivity contribution is 5.85. The number of nitrogens with one attached hydrogen (secondary N) is 2. The molecule has 0 aliphatic carbocycles. The molecule has 130 valence electrons. The van der Waals surface area contributed by atoms with Crippen molar-refractivity contribution in [1.29, 1.82) is 5.26 Å². The molecular weight excluding hydrogens is 306 g/mol. The molecule has 24 heavy (non-hydrogen) atoms. The van der Waals surface area contributed by atoms with Crippen LogP contribution >= 0.6 is 0 Å². The maximum atomic E-state index is 12.0. The average Bonchev–Trinajstić information content (AvgIpc) is 2.52. The van der Waals surface area contributed by atoms with Gasteiger partial charge >= 0.3 is 6.09 Å². The van der Waals surface area contributed by atoms with E-state index in [-0.39, 0.29) is 25.0 Å². The summed E-state index contributed by atoms with van der Waals surface area (Å²) in [6.07, 6.45) is -0.177. The summed E-state index contributed by atoms with van der Waals surface area (Å²) in [4.78, 5) is 24.0. The molecule has 1 aromatic rings. The van der Waals surface area contributed by atoms with E-state index in [0.29, 0.717) is 6.42 Å². The summed E-state index contributed by atoms with van der Waals surface area (Å²) >= 11 is 0. The lowest BCUT2D eigenvalue weighted by atomic mass is 10.0. The molecule has 0 heterocycles. The predicted octanol–water partition coefficient (Wildman–Crippen LogP) is 2.58. The second-order valence-corrected chi connectivity index (χ2v) is 6.21. The van der Waals surface area contributed by atoms with E-state index < -0.39 is 12.1 Å². The van der Waals surface area contributed by atoms with E-state index in [4.69, 9.17) is 10.00 Å². The number of alkyl carbamates (subject to hydrolysis) is 1. The fourth-order valence-electron chi connectivity index (χ4n) is 2.24. The van der Waals surface area contributed by atoms with Gasteiger partial charge in [-0.25, -0.2) is 4.79 Å². The number of ether oxygens (including phenoxy) is 1. The van der Waals surface area contributed by atoms with Crippen molar-refractivity contribution in [3.63, 3.8) is 0 Å². The van der Waals surface area contributed by atoms with Crippen LogP contribution in [0.1, 0.15) is 37.0 Å². The lowest BCUT2D eigenvalue weighted by molar-refractivity contribution is -0.123. The van der Waals surface area contributed by atoms with E-state index in [0.717, 1.165) is 16.7 Å². The van der Waals surface area contributed by atoms with Crippen molar-refractivity contribution >= 4 is 12.0 Å². The summed E-state index contributed by atoms with van der Waals surface area (Å²) in [6, 6.07) is 7.06. The number of amides is 2. The van der Waals surface area contributed by atoms with Crippen LogP contribution in [0.5, 0.6) is 0 Å². The lowest BCUT2D eigenvalue weighted by Crippen LogP contribution is -2.47. The highest BCUT2D eigenvalue weighted by atomic mass is 16.5. The summed E-state index contributed by atoms with van der Waals surface area (Å²) in [6.45, 7) is 7.88. The van der Waals surface area contributed by atoms with Crippen LogP contribution in [0.4, 0.5) is 4.79 Å². The number of aryl methyl sites for hydroxylation is 2. The van der Waals surface area contributed by atoms with Crippen molar-refractivity contribution in [3.05, 3.63) is 34.9 Å². The molecule has 2 amide bonds. The molecule has 0 spiro atoms. The summed E-state index contributed by atoms with van der Waals surface area (Å²) in [5.41, 5.74) is 3.06. The van der Waals surface area contributed by atoms with Crippen LogP contribution in [0, 0.1) is 31.1 Å². The molecule has 0 radical (unpaired) electrons. The summed E-state index contributed by atoms with van der Waals surface area (Å²) < 4.78 is 5.24. The number of carbonyl (C=O) groups is 2. The van der Waals surface area contributed by atoms with Gasteiger partial charge in [0.15, 0.2) is 0 Å². The first-order valence-electron chi connectivity index (χ1n) is 7.97. The molecule has 0 bridgehead atoms. The molecule has 0 unspecified atom stereocenters. The summed E-state index contributed by atoms with van der Waals surface area (Å²) in [7, 11) is 0. The highest BCUT2D eigenvalue weighted by Gasteiger charge is 2.22. The Hall–Kier alpha value is -2.55. The van der Waals surface area contributed by atoms with Crippen LogP contribution < -0.4 is 10.6 Å². The van der Waals surface area contributed by atoms with E-state index in [9.17, 15) is 9.59 Å². The van der Waals surface area contributed by atoms with E-state index in [1.54, 1.807) is 0 Å². The van der Waals surface area contributed by atoms with Gasteiger partial charge in [0.05, 0.1) is 6.07 Å². The third-order valence-corrected chi connectivity index (χ3v) is 3.52. The normalized spacial score (nSPS) is 11.5. The molecule has 6 nitrogen and oxygen atoms in total. The maximum absolute atomic E-state index is 12.0. The molecule has 6 heteroatoms. The van der Waals surface area contributed by atoms with E-state index >= 15 is 0 Å². The first kappa shape index (κ1) is 19.5. The molecule has 2 N–H and O–H groups in total. The molecule has 1 aromatic carbocycles. The van der Waals surface area contributed by atoms with Crippen molar-refractivity contribution in [2.45, 2.75) is 46.8 Å². The van der Waals surface area contributed by atoms with Crippen LogP contribution in [-0.2, 0) is 16.1 Å². The number of benzene rings is 1. The number of rotatable bonds is 7. The minimum Gasteiger partial charge on any atom is -0.445 e. The van der Waals surface area contributed by atoms with Gasteiger partial charge in [0.2, 0.25) is 5.91 Å². The molecule has 0 aliphatic heterocycles. The second-order valence-electron chi connectivity index (χ2n) is 6.21. The standard InChI is InChI=1S/C18H25N3O3/c1-12(2)9-16(17(22)20-8-7-19)21-18(23)24-11-15-10-13(3)5-6-14(15)4/h5-6,10,12,16H,8-9,11H2,1-4H3,(H,20,22)(H,21,23)/t16-/m0/s1. The van der Waals surface area contributed by atoms with Gasteiger partial charge in [0.1, 0.15) is 19.2 Å². The van der Waals surface area contributed by atoms with Gasteiger partial charge in [-0.2, -0.15) is 5.26 Å². The van der Waals surface area contributed by atoms with Crippen molar-refractivity contribution in [1.82, 2.24) is 10.6 Å². The van der Waals surface area contributed by atoms with Crippen molar-refractivity contribution in [2.75, 3.05) is 6.54 Å². The third-order valence-electron chi connectivity index (χ3n) is 3.52. The summed E-state index contributed by atoms with van der Waals surface area (Å²) in [5.74, 6) is -0.170. The Morgan fingerprint density at radius 1 is 1.29 bits per heavy atom. The van der Waals surface area contributed by atoms with E-state index in [2.05, 4.69) is 10.6 Å². The monoisotopic (exact) mass is 331 g/mol. The molecule has 0 aliphatic rings. The molecule has 0 fully saturated rings. The topological polar surface area (TPSA) is 91.2 Å². The van der Waals surface area contributed by atoms with E-state index in [1.165, 1.54) is 0 Å². The smallest absolute Gasteiger partial charge is 0.408 e. The van der Waals surface area contributed by atoms with Gasteiger partial charge in [0, 0.05) is 0 Å². The van der Waals surface area contributed by atoms with Crippen molar-refractivity contribution < 1.29 is 14.3 Å². The number of hydrogen-bond donors (Lipinski definition) is 2. The molecular formula is C18H25N3O3. The number of nitrogens with zero attached hydrogens (tertiary/aromatic N) is 1.